The van der Waals surface area contributed by atoms with Crippen LogP contribution in [0.3, 0.4) is 0 Å². The highest BCUT2D eigenvalue weighted by atomic mass is 32.2. The van der Waals surface area contributed by atoms with Crippen molar-refractivity contribution in [2.45, 2.75) is 6.92 Å². The number of carbonyl (C=O) groups excluding carboxylic acids is 1. The lowest BCUT2D eigenvalue weighted by molar-refractivity contribution is -0.113. The van der Waals surface area contributed by atoms with E-state index < -0.39 is 5.97 Å². The smallest absolute Gasteiger partial charge is 0.335 e. The second kappa shape index (κ2) is 7.68. The van der Waals surface area contributed by atoms with Crippen molar-refractivity contribution < 1.29 is 14.7 Å². The lowest BCUT2D eigenvalue weighted by Gasteiger charge is -2.17. The van der Waals surface area contributed by atoms with Crippen LogP contribution in [0.15, 0.2) is 65.6 Å². The van der Waals surface area contributed by atoms with Crippen molar-refractivity contribution in [3.8, 4) is 0 Å². The Morgan fingerprint density at radius 1 is 1.19 bits per heavy atom. The average Bonchev–Trinajstić information content (AvgIpc) is 2.90. The zero-order valence-corrected chi connectivity index (χ0v) is 15.5. The van der Waals surface area contributed by atoms with Crippen LogP contribution >= 0.6 is 24.0 Å². The molecule has 2 aromatic carbocycles. The first-order chi connectivity index (χ1) is 12.5. The van der Waals surface area contributed by atoms with Crippen molar-refractivity contribution >= 4 is 51.9 Å². The number of aromatic carboxylic acids is 1. The van der Waals surface area contributed by atoms with Gasteiger partial charge in [0.15, 0.2) is 4.32 Å². The zero-order chi connectivity index (χ0) is 18.7. The highest BCUT2D eigenvalue weighted by Gasteiger charge is 2.34. The van der Waals surface area contributed by atoms with Gasteiger partial charge < -0.3 is 5.11 Å². The number of amides is 1. The van der Waals surface area contributed by atoms with Crippen LogP contribution in [0.25, 0.3) is 6.08 Å². The van der Waals surface area contributed by atoms with E-state index in [1.807, 2.05) is 49.4 Å². The number of anilines is 1. The fraction of sp³-hybridized carbons (Fsp3) is 0.0500. The normalized spacial score (nSPS) is 16.0. The monoisotopic (exact) mass is 381 g/mol. The van der Waals surface area contributed by atoms with E-state index in [9.17, 15) is 14.7 Å². The van der Waals surface area contributed by atoms with Crippen LogP contribution in [0.4, 0.5) is 5.69 Å². The van der Waals surface area contributed by atoms with E-state index in [-0.39, 0.29) is 11.5 Å². The third-order valence-corrected chi connectivity index (χ3v) is 5.15. The van der Waals surface area contributed by atoms with Gasteiger partial charge in [-0.05, 0) is 36.3 Å². The summed E-state index contributed by atoms with van der Waals surface area (Å²) in [5, 5.41) is 9.19. The Bertz CT molecular complexity index is 949. The molecular weight excluding hydrogens is 366 g/mol. The van der Waals surface area contributed by atoms with Gasteiger partial charge in [-0.2, -0.15) is 0 Å². The van der Waals surface area contributed by atoms with Gasteiger partial charge in [-0.1, -0.05) is 72.5 Å². The maximum absolute atomic E-state index is 12.8. The average molecular weight is 381 g/mol. The fourth-order valence-corrected chi connectivity index (χ4v) is 3.72. The minimum atomic E-state index is -1.04. The highest BCUT2D eigenvalue weighted by Crippen LogP contribution is 2.36. The molecule has 3 rings (SSSR count). The second-order valence-corrected chi connectivity index (χ2v) is 7.29. The number of aryl methyl sites for hydroxylation is 1. The number of carboxylic acid groups (broad SMARTS) is 1. The molecule has 1 saturated heterocycles. The van der Waals surface area contributed by atoms with Crippen LogP contribution in [-0.2, 0) is 4.79 Å². The molecule has 1 aliphatic heterocycles. The van der Waals surface area contributed by atoms with Crippen LogP contribution in [0.2, 0.25) is 0 Å². The maximum Gasteiger partial charge on any atom is 0.335 e. The summed E-state index contributed by atoms with van der Waals surface area (Å²) in [6.07, 6.45) is 5.44. The Labute approximate surface area is 160 Å². The van der Waals surface area contributed by atoms with E-state index in [1.54, 1.807) is 12.1 Å². The summed E-state index contributed by atoms with van der Waals surface area (Å²) < 4.78 is 0.389. The number of allylic oxidation sites excluding steroid dienone is 2. The number of carboxylic acids is 1. The highest BCUT2D eigenvalue weighted by molar-refractivity contribution is 8.27. The predicted molar refractivity (Wildman–Crippen MR) is 109 cm³/mol. The van der Waals surface area contributed by atoms with E-state index >= 15 is 0 Å². The third kappa shape index (κ3) is 3.76. The first-order valence-electron chi connectivity index (χ1n) is 7.81. The van der Waals surface area contributed by atoms with E-state index in [4.69, 9.17) is 12.2 Å². The minimum absolute atomic E-state index is 0.118. The molecule has 0 aromatic heterocycles. The molecule has 1 fully saturated rings. The molecule has 26 heavy (non-hydrogen) atoms. The van der Waals surface area contributed by atoms with E-state index in [0.29, 0.717) is 14.9 Å². The number of nitrogens with zero attached hydrogens (tertiary/aromatic N) is 1. The number of thiocarbonyl (C=S) groups is 1. The SMILES string of the molecule is Cc1ccc(C(=O)O)cc1N1C(=O)/C(=C/C=C/c2ccccc2)SC1=S. The van der Waals surface area contributed by atoms with Gasteiger partial charge in [-0.3, -0.25) is 9.69 Å². The zero-order valence-electron chi connectivity index (χ0n) is 13.9. The predicted octanol–water partition coefficient (Wildman–Crippen LogP) is 4.66. The second-order valence-electron chi connectivity index (χ2n) is 5.62. The van der Waals surface area contributed by atoms with E-state index in [2.05, 4.69) is 0 Å². The van der Waals surface area contributed by atoms with Crippen molar-refractivity contribution in [3.05, 3.63) is 82.3 Å². The quantitative estimate of drug-likeness (QED) is 0.617. The summed E-state index contributed by atoms with van der Waals surface area (Å²) in [5.41, 5.74) is 2.44. The summed E-state index contributed by atoms with van der Waals surface area (Å²) >= 11 is 6.55. The first kappa shape index (κ1) is 18.1. The van der Waals surface area contributed by atoms with Crippen molar-refractivity contribution in [3.63, 3.8) is 0 Å². The molecular formula is C20H15NO3S2. The van der Waals surface area contributed by atoms with Crippen molar-refractivity contribution in [1.29, 1.82) is 0 Å². The summed E-state index contributed by atoms with van der Waals surface area (Å²) in [7, 11) is 0. The molecule has 0 atom stereocenters. The lowest BCUT2D eigenvalue weighted by atomic mass is 10.1. The number of hydrogen-bond acceptors (Lipinski definition) is 4. The molecule has 0 radical (unpaired) electrons. The molecule has 0 aliphatic carbocycles. The summed E-state index contributed by atoms with van der Waals surface area (Å²) in [4.78, 5) is 25.9. The Balaban J connectivity index is 1.88. The van der Waals surface area contributed by atoms with Gasteiger partial charge in [0.05, 0.1) is 16.2 Å². The number of benzene rings is 2. The van der Waals surface area contributed by atoms with Crippen molar-refractivity contribution in [2.75, 3.05) is 4.90 Å². The Morgan fingerprint density at radius 3 is 2.62 bits per heavy atom. The molecule has 4 nitrogen and oxygen atoms in total. The summed E-state index contributed by atoms with van der Waals surface area (Å²) in [6.45, 7) is 1.82. The number of carbonyl (C=O) groups is 2. The van der Waals surface area contributed by atoms with Crippen LogP contribution in [0.1, 0.15) is 21.5 Å². The molecule has 1 amide bonds. The van der Waals surface area contributed by atoms with Gasteiger partial charge in [-0.15, -0.1) is 0 Å². The number of thioether (sulfide) groups is 1. The van der Waals surface area contributed by atoms with Gasteiger partial charge in [0.1, 0.15) is 0 Å². The molecule has 0 unspecified atom stereocenters. The summed E-state index contributed by atoms with van der Waals surface area (Å²) in [6, 6.07) is 14.4. The molecule has 130 valence electrons. The molecule has 0 bridgehead atoms. The summed E-state index contributed by atoms with van der Waals surface area (Å²) in [5.74, 6) is -1.29. The fourth-order valence-electron chi connectivity index (χ4n) is 2.48. The topological polar surface area (TPSA) is 57.6 Å². The van der Waals surface area contributed by atoms with Crippen LogP contribution in [0.5, 0.6) is 0 Å². The van der Waals surface area contributed by atoms with Crippen LogP contribution < -0.4 is 4.90 Å². The standard InChI is InChI=1S/C20H15NO3S2/c1-13-10-11-15(19(23)24)12-16(13)21-18(22)17(26-20(21)25)9-5-8-14-6-3-2-4-7-14/h2-12H,1H3,(H,23,24)/b8-5+,17-9-. The molecule has 1 aliphatic rings. The maximum atomic E-state index is 12.8. The van der Waals surface area contributed by atoms with E-state index in [1.165, 1.54) is 28.8 Å². The minimum Gasteiger partial charge on any atom is -0.478 e. The van der Waals surface area contributed by atoms with Gasteiger partial charge in [0, 0.05) is 0 Å². The third-order valence-electron chi connectivity index (χ3n) is 3.83. The Morgan fingerprint density at radius 2 is 1.92 bits per heavy atom. The Kier molecular flexibility index (Phi) is 5.35. The lowest BCUT2D eigenvalue weighted by Crippen LogP contribution is -2.28. The largest absolute Gasteiger partial charge is 0.478 e. The van der Waals surface area contributed by atoms with Crippen LogP contribution in [0, 0.1) is 6.92 Å². The van der Waals surface area contributed by atoms with Gasteiger partial charge in [0.2, 0.25) is 0 Å². The molecule has 1 heterocycles. The van der Waals surface area contributed by atoms with E-state index in [0.717, 1.165) is 11.1 Å². The number of rotatable bonds is 4. The Hall–Kier alpha value is -2.70. The van der Waals surface area contributed by atoms with Crippen LogP contribution in [-0.4, -0.2) is 21.3 Å². The molecule has 0 saturated carbocycles. The van der Waals surface area contributed by atoms with Gasteiger partial charge >= 0.3 is 5.97 Å². The van der Waals surface area contributed by atoms with Crippen molar-refractivity contribution in [1.82, 2.24) is 0 Å². The van der Waals surface area contributed by atoms with Gasteiger partial charge in [-0.25, -0.2) is 4.79 Å². The molecule has 1 N–H and O–H groups in total. The molecule has 2 aromatic rings. The van der Waals surface area contributed by atoms with Gasteiger partial charge in [0.25, 0.3) is 5.91 Å². The van der Waals surface area contributed by atoms with Crippen molar-refractivity contribution in [2.24, 2.45) is 0 Å². The number of hydrogen-bond donors (Lipinski definition) is 1. The first-order valence-corrected chi connectivity index (χ1v) is 9.03. The molecule has 6 heteroatoms. The molecule has 0 spiro atoms.